The van der Waals surface area contributed by atoms with E-state index in [1.807, 2.05) is 0 Å². The first-order chi connectivity index (χ1) is 8.72. The standard InChI is InChI=1S/C17H27Br/c1-4-6-10-15(5-2)12-16(13-18)17-11-8-7-9-14(17)3/h7-9,11,15-16H,4-6,10,12-13H2,1-3H3. The van der Waals surface area contributed by atoms with Gasteiger partial charge < -0.3 is 0 Å². The summed E-state index contributed by atoms with van der Waals surface area (Å²) in [6.07, 6.45) is 6.73. The molecular formula is C17H27Br. The van der Waals surface area contributed by atoms with Crippen molar-refractivity contribution in [2.45, 2.75) is 58.8 Å². The largest absolute Gasteiger partial charge is 0.0921 e. The molecule has 2 atom stereocenters. The Bertz CT molecular complexity index is 332. The molecule has 2 unspecified atom stereocenters. The number of benzene rings is 1. The Balaban J connectivity index is 2.68. The third-order valence-corrected chi connectivity index (χ3v) is 4.76. The van der Waals surface area contributed by atoms with Crippen molar-refractivity contribution in [3.8, 4) is 0 Å². The minimum Gasteiger partial charge on any atom is -0.0921 e. The Morgan fingerprint density at radius 1 is 1.17 bits per heavy atom. The van der Waals surface area contributed by atoms with E-state index in [2.05, 4.69) is 61.0 Å². The van der Waals surface area contributed by atoms with Crippen LogP contribution in [0.1, 0.15) is 63.0 Å². The summed E-state index contributed by atoms with van der Waals surface area (Å²) in [5, 5.41) is 1.08. The highest BCUT2D eigenvalue weighted by Gasteiger charge is 2.17. The first kappa shape index (κ1) is 15.8. The van der Waals surface area contributed by atoms with Crippen molar-refractivity contribution < 1.29 is 0 Å². The number of aryl methyl sites for hydroxylation is 1. The zero-order chi connectivity index (χ0) is 13.4. The van der Waals surface area contributed by atoms with Crippen LogP contribution in [-0.4, -0.2) is 5.33 Å². The van der Waals surface area contributed by atoms with Gasteiger partial charge in [-0.15, -0.1) is 0 Å². The maximum Gasteiger partial charge on any atom is 0.0100 e. The molecule has 0 amide bonds. The predicted octanol–water partition coefficient (Wildman–Crippen LogP) is 6.08. The Morgan fingerprint density at radius 2 is 1.89 bits per heavy atom. The van der Waals surface area contributed by atoms with Crippen LogP contribution in [0.25, 0.3) is 0 Å². The van der Waals surface area contributed by atoms with Gasteiger partial charge in [0.15, 0.2) is 0 Å². The van der Waals surface area contributed by atoms with Crippen molar-refractivity contribution in [2.75, 3.05) is 5.33 Å². The van der Waals surface area contributed by atoms with Gasteiger partial charge in [-0.3, -0.25) is 0 Å². The molecule has 0 spiro atoms. The SMILES string of the molecule is CCCCC(CC)CC(CBr)c1ccccc1C. The van der Waals surface area contributed by atoms with Crippen molar-refractivity contribution in [2.24, 2.45) is 5.92 Å². The number of halogens is 1. The lowest BCUT2D eigenvalue weighted by molar-refractivity contribution is 0.396. The molecule has 0 nitrogen and oxygen atoms in total. The molecule has 0 saturated heterocycles. The second-order valence-electron chi connectivity index (χ2n) is 5.36. The fourth-order valence-corrected chi connectivity index (χ4v) is 3.31. The van der Waals surface area contributed by atoms with Gasteiger partial charge in [0.2, 0.25) is 0 Å². The lowest BCUT2D eigenvalue weighted by Crippen LogP contribution is -2.10. The quantitative estimate of drug-likeness (QED) is 0.510. The molecule has 1 aromatic rings. The van der Waals surface area contributed by atoms with E-state index in [0.717, 1.165) is 11.2 Å². The summed E-state index contributed by atoms with van der Waals surface area (Å²) in [7, 11) is 0. The Morgan fingerprint density at radius 3 is 2.44 bits per heavy atom. The van der Waals surface area contributed by atoms with Gasteiger partial charge in [-0.2, -0.15) is 0 Å². The van der Waals surface area contributed by atoms with Crippen molar-refractivity contribution in [3.63, 3.8) is 0 Å². The van der Waals surface area contributed by atoms with Crippen LogP contribution in [-0.2, 0) is 0 Å². The number of unbranched alkanes of at least 4 members (excludes halogenated alkanes) is 1. The summed E-state index contributed by atoms with van der Waals surface area (Å²) in [6.45, 7) is 6.86. The van der Waals surface area contributed by atoms with Crippen LogP contribution in [0.4, 0.5) is 0 Å². The van der Waals surface area contributed by atoms with Crippen molar-refractivity contribution in [1.29, 1.82) is 0 Å². The maximum absolute atomic E-state index is 3.71. The van der Waals surface area contributed by atoms with Crippen LogP contribution >= 0.6 is 15.9 Å². The molecule has 0 aliphatic heterocycles. The van der Waals surface area contributed by atoms with Gasteiger partial charge in [-0.25, -0.2) is 0 Å². The van der Waals surface area contributed by atoms with Crippen LogP contribution in [0.2, 0.25) is 0 Å². The average molecular weight is 311 g/mol. The van der Waals surface area contributed by atoms with Gasteiger partial charge in [0.05, 0.1) is 0 Å². The van der Waals surface area contributed by atoms with E-state index in [4.69, 9.17) is 0 Å². The van der Waals surface area contributed by atoms with E-state index in [-0.39, 0.29) is 0 Å². The summed E-state index contributed by atoms with van der Waals surface area (Å²) in [4.78, 5) is 0. The Hall–Kier alpha value is -0.300. The third-order valence-electron chi connectivity index (χ3n) is 3.98. The molecule has 0 radical (unpaired) electrons. The second-order valence-corrected chi connectivity index (χ2v) is 6.01. The summed E-state index contributed by atoms with van der Waals surface area (Å²) in [5.41, 5.74) is 2.97. The summed E-state index contributed by atoms with van der Waals surface area (Å²) >= 11 is 3.71. The van der Waals surface area contributed by atoms with Crippen LogP contribution in [0.5, 0.6) is 0 Å². The second kappa shape index (κ2) is 8.74. The topological polar surface area (TPSA) is 0 Å². The molecule has 102 valence electrons. The van der Waals surface area contributed by atoms with Crippen molar-refractivity contribution in [3.05, 3.63) is 35.4 Å². The number of hydrogen-bond donors (Lipinski definition) is 0. The van der Waals surface area contributed by atoms with Crippen LogP contribution in [0.15, 0.2) is 24.3 Å². The van der Waals surface area contributed by atoms with Gasteiger partial charge in [0.1, 0.15) is 0 Å². The van der Waals surface area contributed by atoms with E-state index in [1.54, 1.807) is 0 Å². The van der Waals surface area contributed by atoms with E-state index in [1.165, 1.54) is 43.2 Å². The minimum atomic E-state index is 0.674. The fraction of sp³-hybridized carbons (Fsp3) is 0.647. The summed E-state index contributed by atoms with van der Waals surface area (Å²) < 4.78 is 0. The number of alkyl halides is 1. The zero-order valence-electron chi connectivity index (χ0n) is 12.1. The number of hydrogen-bond acceptors (Lipinski definition) is 0. The van der Waals surface area contributed by atoms with Crippen LogP contribution < -0.4 is 0 Å². The van der Waals surface area contributed by atoms with Gasteiger partial charge in [-0.05, 0) is 36.3 Å². The Kier molecular flexibility index (Phi) is 7.65. The molecule has 1 aromatic carbocycles. The fourth-order valence-electron chi connectivity index (χ4n) is 2.70. The molecule has 18 heavy (non-hydrogen) atoms. The highest BCUT2D eigenvalue weighted by Crippen LogP contribution is 2.31. The van der Waals surface area contributed by atoms with Crippen molar-refractivity contribution in [1.82, 2.24) is 0 Å². The zero-order valence-corrected chi connectivity index (χ0v) is 13.7. The predicted molar refractivity (Wildman–Crippen MR) is 85.6 cm³/mol. The van der Waals surface area contributed by atoms with E-state index >= 15 is 0 Å². The lowest BCUT2D eigenvalue weighted by atomic mass is 9.84. The van der Waals surface area contributed by atoms with Crippen molar-refractivity contribution >= 4 is 15.9 Å². The van der Waals surface area contributed by atoms with Gasteiger partial charge in [-0.1, -0.05) is 79.7 Å². The summed E-state index contributed by atoms with van der Waals surface area (Å²) in [5.74, 6) is 1.56. The molecule has 1 heteroatoms. The Labute approximate surface area is 121 Å². The molecule has 0 bridgehead atoms. The first-order valence-corrected chi connectivity index (χ1v) is 8.46. The first-order valence-electron chi connectivity index (χ1n) is 7.34. The van der Waals surface area contributed by atoms with Gasteiger partial charge in [0, 0.05) is 5.33 Å². The third kappa shape index (κ3) is 4.76. The molecule has 0 heterocycles. The molecule has 0 aliphatic rings. The molecule has 0 aromatic heterocycles. The smallest absolute Gasteiger partial charge is 0.0100 e. The molecular weight excluding hydrogens is 284 g/mol. The highest BCUT2D eigenvalue weighted by atomic mass is 79.9. The molecule has 0 aliphatic carbocycles. The normalized spacial score (nSPS) is 14.4. The van der Waals surface area contributed by atoms with Gasteiger partial charge in [0.25, 0.3) is 0 Å². The summed E-state index contributed by atoms with van der Waals surface area (Å²) in [6, 6.07) is 8.84. The van der Waals surface area contributed by atoms with E-state index in [9.17, 15) is 0 Å². The van der Waals surface area contributed by atoms with Gasteiger partial charge >= 0.3 is 0 Å². The molecule has 1 rings (SSSR count). The average Bonchev–Trinajstić information content (AvgIpc) is 2.40. The lowest BCUT2D eigenvalue weighted by Gasteiger charge is -2.23. The monoisotopic (exact) mass is 310 g/mol. The highest BCUT2D eigenvalue weighted by molar-refractivity contribution is 9.09. The molecule has 0 saturated carbocycles. The molecule has 0 fully saturated rings. The maximum atomic E-state index is 3.71. The van der Waals surface area contributed by atoms with E-state index < -0.39 is 0 Å². The minimum absolute atomic E-state index is 0.674. The van der Waals surface area contributed by atoms with Crippen LogP contribution in [0, 0.1) is 12.8 Å². The number of rotatable bonds is 8. The van der Waals surface area contributed by atoms with Crippen LogP contribution in [0.3, 0.4) is 0 Å². The van der Waals surface area contributed by atoms with E-state index in [0.29, 0.717) is 5.92 Å². The molecule has 0 N–H and O–H groups in total.